The van der Waals surface area contributed by atoms with Crippen molar-refractivity contribution in [1.82, 2.24) is 0 Å². The Balaban J connectivity index is 5.62. The van der Waals surface area contributed by atoms with Crippen LogP contribution in [0.15, 0.2) is 0 Å². The van der Waals surface area contributed by atoms with Crippen LogP contribution in [0.4, 0.5) is 0 Å². The lowest BCUT2D eigenvalue weighted by Crippen LogP contribution is -2.42. The van der Waals surface area contributed by atoms with Crippen molar-refractivity contribution in [2.45, 2.75) is 12.5 Å². The first kappa shape index (κ1) is 4.42. The number of carboxylic acid groups (broad SMARTS) is 1. The highest BCUT2D eigenvalue weighted by Crippen LogP contribution is 1.98. The van der Waals surface area contributed by atoms with Gasteiger partial charge in [-0.25, -0.2) is 0 Å². The zero-order chi connectivity index (χ0) is 13.6. The second-order valence-corrected chi connectivity index (χ2v) is 2.90. The summed E-state index contributed by atoms with van der Waals surface area (Å²) in [6.45, 7) is -2.80. The van der Waals surface area contributed by atoms with Crippen LogP contribution in [0.5, 0.6) is 0 Å². The van der Waals surface area contributed by atoms with Gasteiger partial charge in [-0.15, -0.1) is 0 Å². The Morgan fingerprint density at radius 1 is 1.73 bits per heavy atom. The van der Waals surface area contributed by atoms with E-state index in [0.29, 0.717) is 0 Å². The van der Waals surface area contributed by atoms with E-state index in [2.05, 4.69) is 0 Å². The minimum atomic E-state index is -3.41. The van der Waals surface area contributed by atoms with E-state index < -0.39 is 29.4 Å². The third kappa shape index (κ3) is 7.29. The van der Waals surface area contributed by atoms with E-state index in [0.717, 1.165) is 0 Å². The predicted octanol–water partition coefficient (Wildman–Crippen LogP) is -0.472. The van der Waals surface area contributed by atoms with E-state index in [-0.39, 0.29) is 0 Å². The molecule has 0 saturated carbocycles. The predicted molar refractivity (Wildman–Crippen MR) is 41.2 cm³/mol. The molecular weight excluding hydrogens is 146 g/mol. The number of nitrogens with zero attached hydrogens (tertiary/aromatic N) is 1. The van der Waals surface area contributed by atoms with Gasteiger partial charge >= 0.3 is 5.97 Å². The molecule has 0 bridgehead atoms. The van der Waals surface area contributed by atoms with E-state index in [4.69, 9.17) is 12.0 Å². The number of carboxylic acids is 1. The van der Waals surface area contributed by atoms with E-state index in [9.17, 15) is 9.90 Å². The fourth-order valence-electron chi connectivity index (χ4n) is 0.447. The van der Waals surface area contributed by atoms with Crippen LogP contribution >= 0.6 is 0 Å². The quantitative estimate of drug-likeness (QED) is 0.556. The summed E-state index contributed by atoms with van der Waals surface area (Å²) in [5, 5.41) is 18.2. The lowest BCUT2D eigenvalue weighted by molar-refractivity contribution is -0.873. The Labute approximate surface area is 73.7 Å². The number of aliphatic hydroxyl groups is 1. The maximum Gasteiger partial charge on any atom is 0.306 e. The molecule has 0 saturated heterocycles. The second-order valence-electron chi connectivity index (χ2n) is 2.90. The highest BCUT2D eigenvalue weighted by Gasteiger charge is 2.17. The van der Waals surface area contributed by atoms with Gasteiger partial charge in [-0.05, 0) is 0 Å². The SMILES string of the molecule is [2H]C([2H])(C(=O)O)[C@]([2H])(O)C([2H])([2H])[N+](C)(C)C. The number of carbonyl (C=O) groups is 1. The van der Waals surface area contributed by atoms with Gasteiger partial charge in [0, 0.05) is 2.74 Å². The van der Waals surface area contributed by atoms with Crippen molar-refractivity contribution in [1.29, 1.82) is 0 Å². The average molecular weight is 167 g/mol. The molecule has 0 rings (SSSR count). The van der Waals surface area contributed by atoms with E-state index in [1.54, 1.807) is 0 Å². The molecule has 0 fully saturated rings. The zero-order valence-corrected chi connectivity index (χ0v) is 6.75. The summed E-state index contributed by atoms with van der Waals surface area (Å²) in [7, 11) is 3.87. The maximum atomic E-state index is 10.6. The molecule has 1 atom stereocenters. The number of rotatable bonds is 4. The molecule has 0 aliphatic carbocycles. The normalized spacial score (nSPS) is 26.7. The summed E-state index contributed by atoms with van der Waals surface area (Å²) in [4.78, 5) is 10.6. The Morgan fingerprint density at radius 2 is 2.18 bits per heavy atom. The van der Waals surface area contributed by atoms with Crippen LogP contribution < -0.4 is 0 Å². The molecule has 4 nitrogen and oxygen atoms in total. The van der Waals surface area contributed by atoms with E-state index in [1.807, 2.05) is 0 Å². The molecular formula is C7H16NO3+. The molecule has 0 aromatic carbocycles. The average Bonchev–Trinajstić information content (AvgIpc) is 2.00. The summed E-state index contributed by atoms with van der Waals surface area (Å²) in [5.41, 5.74) is 0. The summed E-state index contributed by atoms with van der Waals surface area (Å²) in [6, 6.07) is 0. The number of hydrogen-bond acceptors (Lipinski definition) is 2. The first-order valence-corrected chi connectivity index (χ1v) is 2.97. The topological polar surface area (TPSA) is 57.5 Å². The fraction of sp³-hybridized carbons (Fsp3) is 0.857. The van der Waals surface area contributed by atoms with Crippen molar-refractivity contribution in [2.75, 3.05) is 27.6 Å². The smallest absolute Gasteiger partial charge is 0.306 e. The van der Waals surface area contributed by atoms with Crippen LogP contribution in [0.1, 0.15) is 13.2 Å². The van der Waals surface area contributed by atoms with E-state index >= 15 is 0 Å². The Bertz CT molecular complexity index is 297. The summed E-state index contributed by atoms with van der Waals surface area (Å²) in [6.07, 6.45) is -6.83. The van der Waals surface area contributed by atoms with Crippen LogP contribution in [0, 0.1) is 0 Å². The van der Waals surface area contributed by atoms with Gasteiger partial charge in [0.05, 0.1) is 31.6 Å². The van der Waals surface area contributed by atoms with Gasteiger partial charge in [-0.3, -0.25) is 4.79 Å². The summed E-state index contributed by atoms with van der Waals surface area (Å²) in [5.74, 6) is -2.08. The van der Waals surface area contributed by atoms with Gasteiger partial charge < -0.3 is 14.7 Å². The first-order chi connectivity index (χ1) is 6.69. The Morgan fingerprint density at radius 3 is 2.45 bits per heavy atom. The minimum Gasteiger partial charge on any atom is -0.481 e. The zero-order valence-electron chi connectivity index (χ0n) is 11.7. The second kappa shape index (κ2) is 3.69. The van der Waals surface area contributed by atoms with Crippen molar-refractivity contribution in [2.24, 2.45) is 0 Å². The fourth-order valence-corrected chi connectivity index (χ4v) is 0.447. The number of aliphatic carboxylic acids is 1. The Kier molecular flexibility index (Phi) is 1.48. The molecule has 0 aliphatic heterocycles. The lowest BCUT2D eigenvalue weighted by Gasteiger charge is -2.25. The lowest BCUT2D eigenvalue weighted by atomic mass is 10.2. The molecule has 0 aliphatic rings. The van der Waals surface area contributed by atoms with Crippen LogP contribution in [0.3, 0.4) is 0 Å². The minimum absolute atomic E-state index is 0.611. The molecule has 11 heavy (non-hydrogen) atoms. The van der Waals surface area contributed by atoms with Gasteiger partial charge in [0.25, 0.3) is 0 Å². The van der Waals surface area contributed by atoms with Crippen molar-refractivity contribution >= 4 is 5.97 Å². The van der Waals surface area contributed by atoms with Gasteiger partial charge in [-0.2, -0.15) is 0 Å². The monoisotopic (exact) mass is 167 g/mol. The highest BCUT2D eigenvalue weighted by atomic mass is 16.4. The number of likely N-dealkylation sites (N-methyl/N-ethyl adjacent to an activating group) is 1. The standard InChI is InChI=1S/C7H15NO3/c1-8(2,3)5-6(9)4-7(10)11/h6,9H,4-5H2,1-3H3/p+1/t6-/m0/s1/i4D2,5D2,6D. The third-order valence-electron chi connectivity index (χ3n) is 0.667. The molecule has 0 aromatic heterocycles. The van der Waals surface area contributed by atoms with Crippen molar-refractivity contribution in [3.8, 4) is 0 Å². The van der Waals surface area contributed by atoms with Crippen LogP contribution in [-0.4, -0.2) is 54.4 Å². The third-order valence-corrected chi connectivity index (χ3v) is 0.667. The first-order valence-electron chi connectivity index (χ1n) is 5.47. The van der Waals surface area contributed by atoms with Crippen molar-refractivity contribution in [3.63, 3.8) is 0 Å². The summed E-state index contributed by atoms with van der Waals surface area (Å²) < 4.78 is 36.0. The molecule has 0 spiro atoms. The van der Waals surface area contributed by atoms with Crippen molar-refractivity contribution in [3.05, 3.63) is 0 Å². The van der Waals surface area contributed by atoms with Gasteiger partial charge in [-0.1, -0.05) is 0 Å². The van der Waals surface area contributed by atoms with Crippen LogP contribution in [0.25, 0.3) is 0 Å². The van der Waals surface area contributed by atoms with Crippen LogP contribution in [0.2, 0.25) is 0 Å². The summed E-state index contributed by atoms with van der Waals surface area (Å²) >= 11 is 0. The Hall–Kier alpha value is -0.610. The van der Waals surface area contributed by atoms with Gasteiger partial charge in [0.15, 0.2) is 0 Å². The van der Waals surface area contributed by atoms with Gasteiger partial charge in [0.1, 0.15) is 12.6 Å². The van der Waals surface area contributed by atoms with Crippen LogP contribution in [-0.2, 0) is 4.79 Å². The number of hydrogen-bond donors (Lipinski definition) is 2. The molecule has 0 radical (unpaired) electrons. The molecule has 2 N–H and O–H groups in total. The van der Waals surface area contributed by atoms with Gasteiger partial charge in [0.2, 0.25) is 0 Å². The molecule has 0 unspecified atom stereocenters. The van der Waals surface area contributed by atoms with E-state index in [1.165, 1.54) is 21.1 Å². The van der Waals surface area contributed by atoms with Crippen molar-refractivity contribution < 1.29 is 26.3 Å². The maximum absolute atomic E-state index is 10.6. The largest absolute Gasteiger partial charge is 0.481 e. The molecule has 0 heterocycles. The number of quaternary nitrogens is 1. The molecule has 0 aromatic rings. The highest BCUT2D eigenvalue weighted by molar-refractivity contribution is 5.67. The molecule has 4 heteroatoms. The molecule has 66 valence electrons. The molecule has 0 amide bonds.